The van der Waals surface area contributed by atoms with E-state index in [1.807, 2.05) is 6.07 Å². The summed E-state index contributed by atoms with van der Waals surface area (Å²) in [6.07, 6.45) is 12.9. The van der Waals surface area contributed by atoms with Crippen molar-refractivity contribution >= 4 is 0 Å². The lowest BCUT2D eigenvalue weighted by Crippen LogP contribution is -2.32. The maximum Gasteiger partial charge on any atom is 0.253 e. The fraction of sp³-hybridized carbons (Fsp3) is 0.556. The molecule has 0 saturated heterocycles. The van der Waals surface area contributed by atoms with E-state index < -0.39 is 5.79 Å². The summed E-state index contributed by atoms with van der Waals surface area (Å²) < 4.78 is 11.5. The van der Waals surface area contributed by atoms with Crippen LogP contribution in [-0.4, -0.2) is 5.79 Å². The predicted molar refractivity (Wildman–Crippen MR) is 82.2 cm³/mol. The minimum atomic E-state index is -0.466. The molecule has 1 aromatic carbocycles. The Morgan fingerprint density at radius 3 is 2.20 bits per heavy atom. The van der Waals surface area contributed by atoms with Crippen molar-refractivity contribution in [1.29, 1.82) is 0 Å². The first-order valence-corrected chi connectivity index (χ1v) is 7.89. The lowest BCUT2D eigenvalue weighted by atomic mass is 9.98. The second kappa shape index (κ2) is 7.98. The lowest BCUT2D eigenvalue weighted by Gasteiger charge is -2.28. The molecular weight excluding hydrogens is 248 g/mol. The Morgan fingerprint density at radius 1 is 0.850 bits per heavy atom. The molecule has 2 nitrogen and oxygen atoms in total. The van der Waals surface area contributed by atoms with Gasteiger partial charge in [-0.1, -0.05) is 69.4 Å². The maximum absolute atomic E-state index is 5.77. The van der Waals surface area contributed by atoms with Crippen molar-refractivity contribution in [3.8, 4) is 0 Å². The molecule has 0 aromatic heterocycles. The Kier molecular flexibility index (Phi) is 5.97. The van der Waals surface area contributed by atoms with Gasteiger partial charge in [-0.15, -0.1) is 0 Å². The Bertz CT molecular complexity index is 389. The molecule has 2 rings (SSSR count). The third kappa shape index (κ3) is 4.59. The van der Waals surface area contributed by atoms with E-state index in [0.717, 1.165) is 19.3 Å². The van der Waals surface area contributed by atoms with E-state index in [2.05, 4.69) is 31.2 Å². The van der Waals surface area contributed by atoms with Gasteiger partial charge in [-0.05, 0) is 12.0 Å². The van der Waals surface area contributed by atoms with E-state index in [1.54, 1.807) is 12.5 Å². The van der Waals surface area contributed by atoms with E-state index in [-0.39, 0.29) is 0 Å². The topological polar surface area (TPSA) is 18.5 Å². The van der Waals surface area contributed by atoms with Crippen LogP contribution < -0.4 is 0 Å². The van der Waals surface area contributed by atoms with Crippen molar-refractivity contribution in [2.75, 3.05) is 0 Å². The number of benzene rings is 1. The molecule has 1 heterocycles. The molecule has 0 radical (unpaired) electrons. The first-order valence-electron chi connectivity index (χ1n) is 7.89. The second-order valence-electron chi connectivity index (χ2n) is 5.60. The predicted octanol–water partition coefficient (Wildman–Crippen LogP) is 5.19. The monoisotopic (exact) mass is 274 g/mol. The minimum Gasteiger partial charge on any atom is -0.456 e. The second-order valence-corrected chi connectivity index (χ2v) is 5.60. The van der Waals surface area contributed by atoms with Gasteiger partial charge >= 0.3 is 0 Å². The molecule has 110 valence electrons. The van der Waals surface area contributed by atoms with E-state index in [4.69, 9.17) is 9.47 Å². The average molecular weight is 274 g/mol. The number of ether oxygens (including phenoxy) is 2. The van der Waals surface area contributed by atoms with Crippen molar-refractivity contribution in [3.63, 3.8) is 0 Å². The number of unbranched alkanes of at least 4 members (excludes halogenated alkanes) is 5. The molecule has 1 aliphatic heterocycles. The molecular formula is C18H26O2. The molecule has 1 aliphatic rings. The van der Waals surface area contributed by atoms with Crippen LogP contribution in [0.5, 0.6) is 0 Å². The van der Waals surface area contributed by atoms with Gasteiger partial charge in [0.1, 0.15) is 12.5 Å². The lowest BCUT2D eigenvalue weighted by molar-refractivity contribution is -0.146. The number of rotatable bonds is 9. The van der Waals surface area contributed by atoms with Gasteiger partial charge in [-0.3, -0.25) is 0 Å². The summed E-state index contributed by atoms with van der Waals surface area (Å²) in [5.74, 6) is -0.466. The van der Waals surface area contributed by atoms with Crippen LogP contribution in [0.2, 0.25) is 0 Å². The average Bonchev–Trinajstić information content (AvgIpc) is 2.92. The van der Waals surface area contributed by atoms with Gasteiger partial charge in [0.2, 0.25) is 0 Å². The zero-order valence-electron chi connectivity index (χ0n) is 12.5. The van der Waals surface area contributed by atoms with Crippen molar-refractivity contribution in [3.05, 3.63) is 48.4 Å². The highest BCUT2D eigenvalue weighted by Gasteiger charge is 2.35. The van der Waals surface area contributed by atoms with Gasteiger partial charge in [0.05, 0.1) is 0 Å². The van der Waals surface area contributed by atoms with Crippen LogP contribution in [0.3, 0.4) is 0 Å². The van der Waals surface area contributed by atoms with Gasteiger partial charge in [-0.25, -0.2) is 0 Å². The van der Waals surface area contributed by atoms with E-state index >= 15 is 0 Å². The van der Waals surface area contributed by atoms with Crippen molar-refractivity contribution in [2.24, 2.45) is 0 Å². The van der Waals surface area contributed by atoms with Gasteiger partial charge in [0, 0.05) is 12.8 Å². The molecule has 0 saturated carbocycles. The van der Waals surface area contributed by atoms with Crippen LogP contribution in [0, 0.1) is 0 Å². The Balaban J connectivity index is 1.78. The summed E-state index contributed by atoms with van der Waals surface area (Å²) in [6, 6.07) is 10.4. The molecule has 20 heavy (non-hydrogen) atoms. The molecule has 0 unspecified atom stereocenters. The van der Waals surface area contributed by atoms with Gasteiger partial charge < -0.3 is 9.47 Å². The van der Waals surface area contributed by atoms with E-state index in [9.17, 15) is 0 Å². The highest BCUT2D eigenvalue weighted by molar-refractivity contribution is 5.17. The third-order valence-electron chi connectivity index (χ3n) is 3.85. The van der Waals surface area contributed by atoms with Crippen LogP contribution in [0.25, 0.3) is 0 Å². The molecule has 1 aromatic rings. The fourth-order valence-electron chi connectivity index (χ4n) is 2.70. The summed E-state index contributed by atoms with van der Waals surface area (Å²) in [6.45, 7) is 2.25. The number of hydrogen-bond donors (Lipinski definition) is 0. The zero-order valence-corrected chi connectivity index (χ0v) is 12.5. The van der Waals surface area contributed by atoms with Crippen molar-refractivity contribution in [2.45, 2.75) is 64.1 Å². The smallest absolute Gasteiger partial charge is 0.253 e. The Morgan fingerprint density at radius 2 is 1.50 bits per heavy atom. The normalized spacial score (nSPS) is 15.8. The molecule has 0 spiro atoms. The third-order valence-corrected chi connectivity index (χ3v) is 3.85. The Labute approximate surface area is 122 Å². The van der Waals surface area contributed by atoms with Crippen molar-refractivity contribution < 1.29 is 9.47 Å². The molecule has 0 N–H and O–H groups in total. The van der Waals surface area contributed by atoms with E-state index in [0.29, 0.717) is 0 Å². The first-order chi connectivity index (χ1) is 9.85. The van der Waals surface area contributed by atoms with E-state index in [1.165, 1.54) is 37.7 Å². The first kappa shape index (κ1) is 15.0. The summed E-state index contributed by atoms with van der Waals surface area (Å²) >= 11 is 0. The molecule has 0 aliphatic carbocycles. The highest BCUT2D eigenvalue weighted by atomic mass is 16.7. The minimum absolute atomic E-state index is 0.466. The largest absolute Gasteiger partial charge is 0.456 e. The van der Waals surface area contributed by atoms with Gasteiger partial charge in [-0.2, -0.15) is 0 Å². The van der Waals surface area contributed by atoms with Crippen LogP contribution in [0.4, 0.5) is 0 Å². The molecule has 0 fully saturated rings. The van der Waals surface area contributed by atoms with Crippen LogP contribution in [-0.2, 0) is 15.9 Å². The summed E-state index contributed by atoms with van der Waals surface area (Å²) in [4.78, 5) is 0. The quantitative estimate of drug-likeness (QED) is 0.577. The molecule has 2 heteroatoms. The number of hydrogen-bond acceptors (Lipinski definition) is 2. The zero-order chi connectivity index (χ0) is 14.1. The fourth-order valence-corrected chi connectivity index (χ4v) is 2.70. The van der Waals surface area contributed by atoms with Crippen molar-refractivity contribution in [1.82, 2.24) is 0 Å². The van der Waals surface area contributed by atoms with Gasteiger partial charge in [0.15, 0.2) is 0 Å². The van der Waals surface area contributed by atoms with Gasteiger partial charge in [0.25, 0.3) is 5.79 Å². The summed E-state index contributed by atoms with van der Waals surface area (Å²) in [7, 11) is 0. The summed E-state index contributed by atoms with van der Waals surface area (Å²) in [5.41, 5.74) is 1.27. The maximum atomic E-state index is 5.77. The summed E-state index contributed by atoms with van der Waals surface area (Å²) in [5, 5.41) is 0. The highest BCUT2D eigenvalue weighted by Crippen LogP contribution is 2.30. The van der Waals surface area contributed by atoms with Crippen LogP contribution >= 0.6 is 0 Å². The SMILES string of the molecule is CCCCCCCCC1(Cc2ccccc2)OC=CO1. The van der Waals surface area contributed by atoms with Crippen LogP contribution in [0.15, 0.2) is 42.9 Å². The molecule has 0 bridgehead atoms. The molecule has 0 amide bonds. The Hall–Kier alpha value is -1.44. The standard InChI is InChI=1S/C18H26O2/c1-2-3-4-5-6-10-13-18(19-14-15-20-18)16-17-11-8-7-9-12-17/h7-9,11-12,14-15H,2-6,10,13,16H2,1H3. The molecule has 0 atom stereocenters. The van der Waals surface area contributed by atoms with Crippen LogP contribution in [0.1, 0.15) is 57.4 Å².